The summed E-state index contributed by atoms with van der Waals surface area (Å²) in [7, 11) is -2.38. The highest BCUT2D eigenvalue weighted by Crippen LogP contribution is 2.24. The molecule has 2 amide bonds. The number of hydrogen-bond donors (Lipinski definition) is 2. The molecule has 10 heteroatoms. The molecule has 174 valence electrons. The Kier molecular flexibility index (Phi) is 9.03. The zero-order valence-electron chi connectivity index (χ0n) is 18.7. The summed E-state index contributed by atoms with van der Waals surface area (Å²) in [6.07, 6.45) is 0. The van der Waals surface area contributed by atoms with Crippen LogP contribution in [0.1, 0.15) is 31.1 Å². The maximum Gasteiger partial charge on any atom is 0.255 e. The molecule has 2 aromatic carbocycles. The first kappa shape index (κ1) is 25.2. The highest BCUT2D eigenvalue weighted by molar-refractivity contribution is 7.89. The van der Waals surface area contributed by atoms with E-state index in [4.69, 9.17) is 9.47 Å². The van der Waals surface area contributed by atoms with Crippen molar-refractivity contribution in [1.29, 1.82) is 0 Å². The van der Waals surface area contributed by atoms with Crippen LogP contribution < -0.4 is 20.1 Å². The van der Waals surface area contributed by atoms with E-state index < -0.39 is 21.8 Å². The molecule has 0 aliphatic rings. The Morgan fingerprint density at radius 2 is 1.66 bits per heavy atom. The highest BCUT2D eigenvalue weighted by atomic mass is 32.2. The number of benzene rings is 2. The molecule has 0 fully saturated rings. The van der Waals surface area contributed by atoms with Crippen LogP contribution >= 0.6 is 0 Å². The van der Waals surface area contributed by atoms with Crippen molar-refractivity contribution in [3.05, 3.63) is 48.0 Å². The van der Waals surface area contributed by atoms with Gasteiger partial charge in [0.15, 0.2) is 0 Å². The van der Waals surface area contributed by atoms with Gasteiger partial charge in [0.25, 0.3) is 5.91 Å². The van der Waals surface area contributed by atoms with Crippen molar-refractivity contribution in [2.24, 2.45) is 0 Å². The summed E-state index contributed by atoms with van der Waals surface area (Å²) >= 11 is 0. The zero-order chi connectivity index (χ0) is 23.7. The summed E-state index contributed by atoms with van der Waals surface area (Å²) in [6.45, 7) is 6.20. The van der Waals surface area contributed by atoms with E-state index in [0.717, 1.165) is 0 Å². The summed E-state index contributed by atoms with van der Waals surface area (Å²) in [5, 5.41) is 5.17. The van der Waals surface area contributed by atoms with Crippen molar-refractivity contribution in [2.75, 3.05) is 38.7 Å². The lowest BCUT2D eigenvalue weighted by Gasteiger charge is -2.19. The van der Waals surface area contributed by atoms with E-state index in [-0.39, 0.29) is 22.8 Å². The number of amides is 2. The van der Waals surface area contributed by atoms with E-state index in [0.29, 0.717) is 31.1 Å². The van der Waals surface area contributed by atoms with Crippen LogP contribution in [0.3, 0.4) is 0 Å². The smallest absolute Gasteiger partial charge is 0.255 e. The number of anilines is 1. The molecule has 32 heavy (non-hydrogen) atoms. The Hall–Kier alpha value is -3.11. The van der Waals surface area contributed by atoms with Gasteiger partial charge in [-0.2, -0.15) is 4.31 Å². The number of ether oxygens (including phenoxy) is 2. The molecule has 2 N–H and O–H groups in total. The molecule has 0 saturated heterocycles. The minimum atomic E-state index is -3.75. The first-order valence-electron chi connectivity index (χ1n) is 10.3. The van der Waals surface area contributed by atoms with Gasteiger partial charge in [-0.25, -0.2) is 8.42 Å². The average Bonchev–Trinajstić information content (AvgIpc) is 2.79. The van der Waals surface area contributed by atoms with Gasteiger partial charge in [-0.1, -0.05) is 13.8 Å². The topological polar surface area (TPSA) is 114 Å². The molecule has 0 unspecified atom stereocenters. The second-order valence-corrected chi connectivity index (χ2v) is 8.58. The van der Waals surface area contributed by atoms with E-state index in [1.165, 1.54) is 29.6 Å². The number of carbonyl (C=O) groups excluding carboxylic acids is 2. The van der Waals surface area contributed by atoms with Crippen LogP contribution in [0, 0.1) is 0 Å². The minimum Gasteiger partial charge on any atom is -0.496 e. The summed E-state index contributed by atoms with van der Waals surface area (Å²) in [4.78, 5) is 24.9. The Morgan fingerprint density at radius 1 is 1.00 bits per heavy atom. The van der Waals surface area contributed by atoms with Crippen molar-refractivity contribution < 1.29 is 27.5 Å². The Balaban J connectivity index is 2.10. The summed E-state index contributed by atoms with van der Waals surface area (Å²) in [6, 6.07) is 10.9. The molecular weight excluding hydrogens is 434 g/mol. The lowest BCUT2D eigenvalue weighted by molar-refractivity contribution is -0.115. The van der Waals surface area contributed by atoms with Gasteiger partial charge in [0.1, 0.15) is 11.5 Å². The predicted molar refractivity (Wildman–Crippen MR) is 122 cm³/mol. The molecule has 0 saturated carbocycles. The number of nitrogens with zero attached hydrogens (tertiary/aromatic N) is 1. The molecule has 0 bridgehead atoms. The Bertz CT molecular complexity index is 1030. The third kappa shape index (κ3) is 6.21. The van der Waals surface area contributed by atoms with Crippen molar-refractivity contribution in [2.45, 2.75) is 25.7 Å². The number of methoxy groups -OCH3 is 1. The van der Waals surface area contributed by atoms with Crippen molar-refractivity contribution >= 4 is 27.5 Å². The fourth-order valence-electron chi connectivity index (χ4n) is 3.00. The molecule has 2 aromatic rings. The van der Waals surface area contributed by atoms with Crippen LogP contribution in [0.25, 0.3) is 0 Å². The van der Waals surface area contributed by atoms with Crippen LogP contribution in [0.2, 0.25) is 0 Å². The van der Waals surface area contributed by atoms with Gasteiger partial charge in [0.2, 0.25) is 15.9 Å². The van der Waals surface area contributed by atoms with Crippen LogP contribution in [-0.2, 0) is 14.8 Å². The second-order valence-electron chi connectivity index (χ2n) is 6.64. The van der Waals surface area contributed by atoms with E-state index in [2.05, 4.69) is 10.6 Å². The molecule has 0 aromatic heterocycles. The first-order chi connectivity index (χ1) is 15.3. The summed E-state index contributed by atoms with van der Waals surface area (Å²) in [5.41, 5.74) is 0.576. The van der Waals surface area contributed by atoms with Gasteiger partial charge in [-0.15, -0.1) is 0 Å². The van der Waals surface area contributed by atoms with Gasteiger partial charge in [0, 0.05) is 18.8 Å². The van der Waals surface area contributed by atoms with Crippen LogP contribution in [-0.4, -0.2) is 57.9 Å². The third-order valence-electron chi connectivity index (χ3n) is 4.62. The zero-order valence-corrected chi connectivity index (χ0v) is 19.5. The van der Waals surface area contributed by atoms with Gasteiger partial charge >= 0.3 is 0 Å². The summed E-state index contributed by atoms with van der Waals surface area (Å²) in [5.74, 6) is -0.174. The quantitative estimate of drug-likeness (QED) is 0.529. The summed E-state index contributed by atoms with van der Waals surface area (Å²) < 4.78 is 37.4. The van der Waals surface area contributed by atoms with Gasteiger partial charge < -0.3 is 20.1 Å². The van der Waals surface area contributed by atoms with E-state index in [1.54, 1.807) is 38.1 Å². The number of rotatable bonds is 11. The molecule has 0 aliphatic heterocycles. The van der Waals surface area contributed by atoms with Gasteiger partial charge in [-0.05, 0) is 49.4 Å². The Labute approximate surface area is 188 Å². The van der Waals surface area contributed by atoms with Crippen LogP contribution in [0.4, 0.5) is 5.69 Å². The first-order valence-corrected chi connectivity index (χ1v) is 11.7. The molecule has 0 spiro atoms. The lowest BCUT2D eigenvalue weighted by Crippen LogP contribution is -2.33. The highest BCUT2D eigenvalue weighted by Gasteiger charge is 2.24. The van der Waals surface area contributed by atoms with Crippen LogP contribution in [0.15, 0.2) is 47.4 Å². The maximum absolute atomic E-state index is 12.8. The van der Waals surface area contributed by atoms with Gasteiger partial charge in [-0.3, -0.25) is 9.59 Å². The molecule has 0 radical (unpaired) electrons. The maximum atomic E-state index is 12.8. The van der Waals surface area contributed by atoms with E-state index in [1.807, 2.05) is 6.92 Å². The largest absolute Gasteiger partial charge is 0.496 e. The van der Waals surface area contributed by atoms with E-state index in [9.17, 15) is 18.0 Å². The van der Waals surface area contributed by atoms with Gasteiger partial charge in [0.05, 0.1) is 30.7 Å². The lowest BCUT2D eigenvalue weighted by atomic mass is 10.2. The van der Waals surface area contributed by atoms with Crippen molar-refractivity contribution in [3.8, 4) is 11.5 Å². The normalized spacial score (nSPS) is 11.2. The van der Waals surface area contributed by atoms with Crippen molar-refractivity contribution in [1.82, 2.24) is 9.62 Å². The van der Waals surface area contributed by atoms with E-state index >= 15 is 0 Å². The molecule has 0 atom stereocenters. The standard InChI is InChI=1S/C22H29N3O6S/c1-5-25(6-2)32(28,29)18-12-13-20(30-4)19(14-18)22(27)23-15-21(26)24-16-8-10-17(11-9-16)31-7-3/h8-14H,5-7,15H2,1-4H3,(H,23,27)(H,24,26). The fourth-order valence-corrected chi connectivity index (χ4v) is 4.48. The average molecular weight is 464 g/mol. The van der Waals surface area contributed by atoms with Crippen molar-refractivity contribution in [3.63, 3.8) is 0 Å². The Morgan fingerprint density at radius 3 is 2.22 bits per heavy atom. The molecule has 2 rings (SSSR count). The minimum absolute atomic E-state index is 0.0222. The molecule has 0 heterocycles. The second kappa shape index (κ2) is 11.5. The SMILES string of the molecule is CCOc1ccc(NC(=O)CNC(=O)c2cc(S(=O)(=O)N(CC)CC)ccc2OC)cc1. The fraction of sp³-hybridized carbons (Fsp3) is 0.364. The number of sulfonamides is 1. The third-order valence-corrected chi connectivity index (χ3v) is 6.66. The number of carbonyl (C=O) groups is 2. The molecular formula is C22H29N3O6S. The predicted octanol–water partition coefficient (Wildman–Crippen LogP) is 2.49. The van der Waals surface area contributed by atoms with Crippen LogP contribution in [0.5, 0.6) is 11.5 Å². The monoisotopic (exact) mass is 463 g/mol. The molecule has 9 nitrogen and oxygen atoms in total. The number of hydrogen-bond acceptors (Lipinski definition) is 6. The molecule has 0 aliphatic carbocycles. The number of nitrogens with one attached hydrogen (secondary N) is 2.